The minimum Gasteiger partial charge on any atom is -0.303 e. The van der Waals surface area contributed by atoms with Crippen molar-refractivity contribution in [3.63, 3.8) is 0 Å². The summed E-state index contributed by atoms with van der Waals surface area (Å²) < 4.78 is 0. The number of nitrogens with one attached hydrogen (secondary N) is 1. The maximum Gasteiger partial charge on any atom is 0.0328 e. The molecule has 0 heterocycles. The van der Waals surface area contributed by atoms with Crippen LogP contribution in [-0.2, 0) is 0 Å². The lowest BCUT2D eigenvalue weighted by molar-refractivity contribution is 0.673. The van der Waals surface area contributed by atoms with Crippen LogP contribution in [0.2, 0.25) is 0 Å². The maximum atomic E-state index is 4.03. The highest BCUT2D eigenvalue weighted by Gasteiger charge is 2.26. The maximum absolute atomic E-state index is 4.03. The first-order valence-corrected chi connectivity index (χ1v) is 13.6. The second-order valence-electron chi connectivity index (χ2n) is 7.60. The van der Waals surface area contributed by atoms with Crippen LogP contribution in [0, 0.1) is 0 Å². The third kappa shape index (κ3) is 6.06. The van der Waals surface area contributed by atoms with Crippen LogP contribution in [0.25, 0.3) is 0 Å². The molecule has 0 aliphatic carbocycles. The number of benzene rings is 4. The van der Waals surface area contributed by atoms with Gasteiger partial charge in [0.05, 0.1) is 0 Å². The Morgan fingerprint density at radius 2 is 0.656 bits per heavy atom. The van der Waals surface area contributed by atoms with Crippen LogP contribution in [-0.4, -0.2) is 11.6 Å². The van der Waals surface area contributed by atoms with Crippen molar-refractivity contribution in [3.8, 4) is 0 Å². The molecule has 4 aromatic carbocycles. The van der Waals surface area contributed by atoms with E-state index < -0.39 is 15.8 Å². The zero-order valence-corrected chi connectivity index (χ0v) is 21.1. The third-order valence-electron chi connectivity index (χ3n) is 5.39. The molecule has 1 N–H and O–H groups in total. The Bertz CT molecular complexity index is 880. The van der Waals surface area contributed by atoms with Crippen LogP contribution in [0.5, 0.6) is 0 Å². The van der Waals surface area contributed by atoms with Gasteiger partial charge in [-0.25, -0.2) is 0 Å². The predicted molar refractivity (Wildman–Crippen MR) is 147 cm³/mol. The zero-order valence-electron chi connectivity index (χ0n) is 18.5. The number of rotatable bonds is 8. The zero-order chi connectivity index (χ0) is 21.5. The number of hydrogen-bond donors (Lipinski definition) is 1. The van der Waals surface area contributed by atoms with Gasteiger partial charge in [-0.2, -0.15) is 0 Å². The second-order valence-corrected chi connectivity index (χ2v) is 12.7. The fraction of sp³-hybridized carbons (Fsp3) is 0.143. The van der Waals surface area contributed by atoms with Crippen LogP contribution >= 0.6 is 28.3 Å². The van der Waals surface area contributed by atoms with Crippen molar-refractivity contribution >= 4 is 49.5 Å². The van der Waals surface area contributed by atoms with Gasteiger partial charge in [-0.15, -0.1) is 12.4 Å². The number of halogens is 1. The second kappa shape index (κ2) is 12.3. The van der Waals surface area contributed by atoms with E-state index in [4.69, 9.17) is 0 Å². The minimum atomic E-state index is -0.508. The van der Waals surface area contributed by atoms with Gasteiger partial charge in [0, 0.05) is 11.6 Å². The van der Waals surface area contributed by atoms with Crippen molar-refractivity contribution in [1.82, 2.24) is 5.32 Å². The standard InChI is InChI=1S/C28H29NP2.ClH/c1-23(30(25-15-7-3-8-16-25)26-17-9-4-10-18-26)29-24(2)31(27-19-11-5-12-20-27)28-21-13-6-14-22-28;/h3-24,29H,1-2H3;1H. The van der Waals surface area contributed by atoms with Crippen molar-refractivity contribution in [2.75, 3.05) is 0 Å². The van der Waals surface area contributed by atoms with E-state index in [-0.39, 0.29) is 12.4 Å². The van der Waals surface area contributed by atoms with Gasteiger partial charge in [-0.1, -0.05) is 121 Å². The van der Waals surface area contributed by atoms with Crippen molar-refractivity contribution < 1.29 is 0 Å². The lowest BCUT2D eigenvalue weighted by Gasteiger charge is -2.33. The monoisotopic (exact) mass is 477 g/mol. The first-order valence-electron chi connectivity index (χ1n) is 10.8. The van der Waals surface area contributed by atoms with E-state index in [1.54, 1.807) is 0 Å². The van der Waals surface area contributed by atoms with Gasteiger partial charge in [-0.05, 0) is 50.9 Å². The van der Waals surface area contributed by atoms with E-state index in [9.17, 15) is 0 Å². The molecule has 0 amide bonds. The van der Waals surface area contributed by atoms with Gasteiger partial charge in [0.25, 0.3) is 0 Å². The van der Waals surface area contributed by atoms with Crippen LogP contribution < -0.4 is 26.5 Å². The van der Waals surface area contributed by atoms with Crippen LogP contribution in [0.4, 0.5) is 0 Å². The van der Waals surface area contributed by atoms with Gasteiger partial charge >= 0.3 is 0 Å². The summed E-state index contributed by atoms with van der Waals surface area (Å²) in [6, 6.07) is 43.9. The molecule has 0 aromatic heterocycles. The Morgan fingerprint density at radius 3 is 0.875 bits per heavy atom. The van der Waals surface area contributed by atoms with E-state index in [1.807, 2.05) is 0 Å². The fourth-order valence-corrected chi connectivity index (χ4v) is 9.27. The normalized spacial score (nSPS) is 12.9. The molecule has 4 aromatic rings. The quantitative estimate of drug-likeness (QED) is 0.309. The summed E-state index contributed by atoms with van der Waals surface area (Å²) in [6.07, 6.45) is 0. The Labute approximate surface area is 201 Å². The molecule has 4 heteroatoms. The molecule has 1 nitrogen and oxygen atoms in total. The molecular formula is C28H30ClNP2. The average Bonchev–Trinajstić information content (AvgIpc) is 2.82. The Balaban J connectivity index is 0.00000289. The first kappa shape index (κ1) is 24.6. The summed E-state index contributed by atoms with van der Waals surface area (Å²) in [6.45, 7) is 4.71. The van der Waals surface area contributed by atoms with Crippen LogP contribution in [0.3, 0.4) is 0 Å². The highest BCUT2D eigenvalue weighted by atomic mass is 35.5. The SMILES string of the molecule is CC(NC(C)P(c1ccccc1)c1ccccc1)P(c1ccccc1)c1ccccc1.Cl. The molecular weight excluding hydrogens is 448 g/mol. The molecule has 0 radical (unpaired) electrons. The molecule has 0 spiro atoms. The molecule has 4 rings (SSSR count). The minimum absolute atomic E-state index is 0. The highest BCUT2D eigenvalue weighted by molar-refractivity contribution is 7.74. The van der Waals surface area contributed by atoms with Crippen molar-refractivity contribution in [3.05, 3.63) is 121 Å². The van der Waals surface area contributed by atoms with Crippen molar-refractivity contribution in [2.45, 2.75) is 25.4 Å². The van der Waals surface area contributed by atoms with Crippen LogP contribution in [0.15, 0.2) is 121 Å². The van der Waals surface area contributed by atoms with E-state index in [1.165, 1.54) is 21.2 Å². The van der Waals surface area contributed by atoms with E-state index in [2.05, 4.69) is 140 Å². The van der Waals surface area contributed by atoms with E-state index >= 15 is 0 Å². The van der Waals surface area contributed by atoms with Gasteiger partial charge in [0.1, 0.15) is 0 Å². The summed E-state index contributed by atoms with van der Waals surface area (Å²) in [4.78, 5) is 0. The van der Waals surface area contributed by atoms with Gasteiger partial charge in [-0.3, -0.25) is 0 Å². The number of hydrogen-bond acceptors (Lipinski definition) is 1. The van der Waals surface area contributed by atoms with Gasteiger partial charge in [0.2, 0.25) is 0 Å². The van der Waals surface area contributed by atoms with Crippen LogP contribution in [0.1, 0.15) is 13.8 Å². The molecule has 164 valence electrons. The summed E-state index contributed by atoms with van der Waals surface area (Å²) in [5, 5.41) is 9.70. The predicted octanol–water partition coefficient (Wildman–Crippen LogP) is 5.96. The first-order chi connectivity index (χ1) is 15.2. The molecule has 0 aliphatic heterocycles. The molecule has 0 fully saturated rings. The molecule has 32 heavy (non-hydrogen) atoms. The average molecular weight is 478 g/mol. The molecule has 2 unspecified atom stereocenters. The summed E-state index contributed by atoms with van der Waals surface area (Å²) in [5.41, 5.74) is 0. The fourth-order valence-electron chi connectivity index (χ4n) is 4.05. The Hall–Kier alpha value is -2.01. The highest BCUT2D eigenvalue weighted by Crippen LogP contribution is 2.42. The Kier molecular flexibility index (Phi) is 9.46. The molecule has 0 aliphatic rings. The van der Waals surface area contributed by atoms with Crippen molar-refractivity contribution in [1.29, 1.82) is 0 Å². The van der Waals surface area contributed by atoms with E-state index in [0.717, 1.165) is 0 Å². The molecule has 0 saturated heterocycles. The van der Waals surface area contributed by atoms with Gasteiger partial charge in [0.15, 0.2) is 0 Å². The summed E-state index contributed by atoms with van der Waals surface area (Å²) in [5.74, 6) is 0.708. The molecule has 0 saturated carbocycles. The molecule has 2 atom stereocenters. The molecule has 0 bridgehead atoms. The Morgan fingerprint density at radius 1 is 0.438 bits per heavy atom. The summed E-state index contributed by atoms with van der Waals surface area (Å²) >= 11 is 0. The van der Waals surface area contributed by atoms with Gasteiger partial charge < -0.3 is 5.32 Å². The van der Waals surface area contributed by atoms with Crippen molar-refractivity contribution in [2.24, 2.45) is 0 Å². The lowest BCUT2D eigenvalue weighted by atomic mass is 10.4. The lowest BCUT2D eigenvalue weighted by Crippen LogP contribution is -2.39. The third-order valence-corrected chi connectivity index (χ3v) is 10.7. The topological polar surface area (TPSA) is 12.0 Å². The van der Waals surface area contributed by atoms with E-state index in [0.29, 0.717) is 11.6 Å². The largest absolute Gasteiger partial charge is 0.303 e. The smallest absolute Gasteiger partial charge is 0.0328 e. The summed E-state index contributed by atoms with van der Waals surface area (Å²) in [7, 11) is -1.02.